The number of benzene rings is 17. The Morgan fingerprint density at radius 1 is 0.223 bits per heavy atom. The summed E-state index contributed by atoms with van der Waals surface area (Å²) in [5, 5.41) is 0. The minimum Gasteiger partial charge on any atom is -0.457 e. The van der Waals surface area contributed by atoms with Crippen LogP contribution < -0.4 is 24.2 Å². The van der Waals surface area contributed by atoms with Gasteiger partial charge in [0.1, 0.15) is 11.5 Å². The van der Waals surface area contributed by atoms with Gasteiger partial charge in [0.15, 0.2) is 11.5 Å². The molecule has 2 aliphatic heterocycles. The molecule has 5 heteroatoms. The lowest BCUT2D eigenvalue weighted by Crippen LogP contribution is -2.55. The van der Waals surface area contributed by atoms with Gasteiger partial charge in [-0.3, -0.25) is 0 Å². The van der Waals surface area contributed by atoms with Crippen LogP contribution in [0.1, 0.15) is 111 Å². The predicted molar refractivity (Wildman–Crippen MR) is 535 cm³/mol. The molecule has 17 aromatic rings. The summed E-state index contributed by atoms with van der Waals surface area (Å²) in [6, 6.07) is 150. The van der Waals surface area contributed by atoms with Crippen LogP contribution in [0.3, 0.4) is 0 Å². The van der Waals surface area contributed by atoms with Crippen molar-refractivity contribution in [3.05, 3.63) is 440 Å². The quantitative estimate of drug-likeness (QED) is 0.115. The van der Waals surface area contributed by atoms with Crippen LogP contribution in [0, 0.1) is 47.3 Å². The third kappa shape index (κ3) is 12.2. The molecule has 10 aliphatic carbocycles. The SMILES string of the molecule is CC1(C)c2ccc(-c3cccc4c3C3(c5ccccc5-4)C4CC5CC(C4)CC3C5)cc2Oc2cc(N(c3ccc(-c4ccccc4)cc3)c3ccc(-c4ccccc4)cc3)ccc21.c1ccc(-c2ccc(N(c3ccc(-c4ccccc4)cc3)c3ccc4c(c3)Oc3ccc(-c5cccc6c5C5(c7ccccc7-6)C6CC7CC(C6)CC5C7)cc3N4c3ccccc3)cc2)cc1. The molecule has 0 aromatic heterocycles. The number of rotatable bonds is 13. The summed E-state index contributed by atoms with van der Waals surface area (Å²) in [5.74, 6) is 9.95. The van der Waals surface area contributed by atoms with Gasteiger partial charge >= 0.3 is 0 Å². The molecule has 0 radical (unpaired) electrons. The lowest BCUT2D eigenvalue weighted by molar-refractivity contribution is -0.0397. The summed E-state index contributed by atoms with van der Waals surface area (Å²) >= 11 is 0. The van der Waals surface area contributed by atoms with E-state index in [1.165, 1.54) is 164 Å². The average Bonchev–Trinajstić information content (AvgIpc) is 1.50. The van der Waals surface area contributed by atoms with Gasteiger partial charge < -0.3 is 24.2 Å². The highest BCUT2D eigenvalue weighted by molar-refractivity contribution is 5.96. The van der Waals surface area contributed by atoms with Crippen LogP contribution in [0.25, 0.3) is 89.0 Å². The highest BCUT2D eigenvalue weighted by atomic mass is 16.5. The molecule has 5 nitrogen and oxygen atoms in total. The summed E-state index contributed by atoms with van der Waals surface area (Å²) in [5.41, 5.74) is 39.0. The number of hydrogen-bond acceptors (Lipinski definition) is 5. The number of hydrogen-bond donors (Lipinski definition) is 0. The highest BCUT2D eigenvalue weighted by Crippen LogP contribution is 2.73. The van der Waals surface area contributed by atoms with E-state index in [-0.39, 0.29) is 16.2 Å². The third-order valence-corrected chi connectivity index (χ3v) is 32.3. The van der Waals surface area contributed by atoms with Crippen LogP contribution in [0.4, 0.5) is 51.2 Å². The molecule has 29 rings (SSSR count). The molecular formula is C125H101N3O2. The zero-order valence-electron chi connectivity index (χ0n) is 73.5. The Balaban J connectivity index is 0.000000137. The molecule has 2 heterocycles. The average molecular weight is 1680 g/mol. The van der Waals surface area contributed by atoms with E-state index in [0.717, 1.165) is 97.9 Å². The largest absolute Gasteiger partial charge is 0.457 e. The summed E-state index contributed by atoms with van der Waals surface area (Å²) in [4.78, 5) is 7.11. The second-order valence-corrected chi connectivity index (χ2v) is 39.4. The molecule has 628 valence electrons. The van der Waals surface area contributed by atoms with Crippen LogP contribution in [-0.4, -0.2) is 0 Å². The van der Waals surface area contributed by atoms with E-state index in [1.807, 2.05) is 0 Å². The fourth-order valence-corrected chi connectivity index (χ4v) is 27.3. The van der Waals surface area contributed by atoms with Gasteiger partial charge in [0.2, 0.25) is 0 Å². The number of para-hydroxylation sites is 1. The zero-order valence-corrected chi connectivity index (χ0v) is 73.5. The molecule has 8 bridgehead atoms. The van der Waals surface area contributed by atoms with E-state index in [4.69, 9.17) is 9.47 Å². The summed E-state index contributed by atoms with van der Waals surface area (Å²) < 4.78 is 14.3. The van der Waals surface area contributed by atoms with Gasteiger partial charge in [-0.1, -0.05) is 311 Å². The van der Waals surface area contributed by atoms with Crippen molar-refractivity contribution in [2.24, 2.45) is 47.3 Å². The molecule has 0 amide bonds. The van der Waals surface area contributed by atoms with Gasteiger partial charge in [-0.25, -0.2) is 0 Å². The van der Waals surface area contributed by atoms with Crippen molar-refractivity contribution in [2.45, 2.75) is 94.3 Å². The molecule has 130 heavy (non-hydrogen) atoms. The molecule has 8 fully saturated rings. The van der Waals surface area contributed by atoms with Crippen molar-refractivity contribution in [3.8, 4) is 112 Å². The van der Waals surface area contributed by atoms with E-state index in [9.17, 15) is 0 Å². The first-order valence-electron chi connectivity index (χ1n) is 47.6. The first-order chi connectivity index (χ1) is 64.1. The van der Waals surface area contributed by atoms with Crippen molar-refractivity contribution in [3.63, 3.8) is 0 Å². The Hall–Kier alpha value is -14.3. The van der Waals surface area contributed by atoms with E-state index in [1.54, 1.807) is 22.3 Å². The molecule has 12 aliphatic rings. The van der Waals surface area contributed by atoms with Gasteiger partial charge in [0, 0.05) is 79.3 Å². The number of nitrogens with zero attached hydrogens (tertiary/aromatic N) is 3. The maximum Gasteiger partial charge on any atom is 0.153 e. The Kier molecular flexibility index (Phi) is 18.0. The van der Waals surface area contributed by atoms with Crippen LogP contribution in [0.2, 0.25) is 0 Å². The second-order valence-electron chi connectivity index (χ2n) is 39.4. The number of ether oxygens (including phenoxy) is 2. The lowest BCUT2D eigenvalue weighted by Gasteiger charge is -2.61. The summed E-state index contributed by atoms with van der Waals surface area (Å²) in [6.07, 6.45) is 13.9. The molecule has 17 aromatic carbocycles. The Bertz CT molecular complexity index is 7030. The predicted octanol–water partition coefficient (Wildman–Crippen LogP) is 33.8. The van der Waals surface area contributed by atoms with Gasteiger partial charge in [0.25, 0.3) is 0 Å². The van der Waals surface area contributed by atoms with Crippen molar-refractivity contribution in [1.29, 1.82) is 0 Å². The molecule has 8 saturated carbocycles. The van der Waals surface area contributed by atoms with E-state index < -0.39 is 0 Å². The molecule has 0 N–H and O–H groups in total. The van der Waals surface area contributed by atoms with Gasteiger partial charge in [0.05, 0.1) is 11.4 Å². The first kappa shape index (κ1) is 76.9. The number of fused-ring (bicyclic) bond motifs is 10. The monoisotopic (exact) mass is 1680 g/mol. The summed E-state index contributed by atoms with van der Waals surface area (Å²) in [7, 11) is 0. The van der Waals surface area contributed by atoms with Crippen molar-refractivity contribution in [1.82, 2.24) is 0 Å². The Morgan fingerprint density at radius 3 is 0.954 bits per heavy atom. The maximum absolute atomic E-state index is 7.18. The molecular weight excluding hydrogens is 1580 g/mol. The Morgan fingerprint density at radius 2 is 0.531 bits per heavy atom. The van der Waals surface area contributed by atoms with E-state index >= 15 is 0 Å². The molecule has 0 unspecified atom stereocenters. The van der Waals surface area contributed by atoms with E-state index in [2.05, 4.69) is 435 Å². The van der Waals surface area contributed by atoms with Crippen LogP contribution in [0.5, 0.6) is 23.0 Å². The Labute approximate surface area is 763 Å². The van der Waals surface area contributed by atoms with Crippen molar-refractivity contribution < 1.29 is 9.47 Å². The smallest absolute Gasteiger partial charge is 0.153 e. The van der Waals surface area contributed by atoms with Gasteiger partial charge in [-0.05, 0) is 320 Å². The summed E-state index contributed by atoms with van der Waals surface area (Å²) in [6.45, 7) is 4.71. The van der Waals surface area contributed by atoms with Crippen molar-refractivity contribution in [2.75, 3.05) is 14.7 Å². The fraction of sp³-hybridized carbons (Fsp3) is 0.184. The highest BCUT2D eigenvalue weighted by Gasteiger charge is 2.64. The molecule has 0 atom stereocenters. The maximum atomic E-state index is 7.18. The van der Waals surface area contributed by atoms with Crippen LogP contribution in [-0.2, 0) is 16.2 Å². The fourth-order valence-electron chi connectivity index (χ4n) is 27.3. The second kappa shape index (κ2) is 30.5. The third-order valence-electron chi connectivity index (χ3n) is 32.3. The van der Waals surface area contributed by atoms with Crippen LogP contribution in [0.15, 0.2) is 406 Å². The molecule has 0 saturated heterocycles. The standard InChI is InChI=1S/C64H50N2O.C61H51NO/c1-4-13-44(14-5-1)46-23-28-52(29-24-46)65(53-30-25-47(26-31-53)45-15-6-2-7-16-45)54-32-33-59-62(41-54)67-61-34-27-48(40-60(61)66(59)51-17-8-3-9-18-51)55-20-12-21-57-56-19-10-11-22-58(56)64(63(55)57)49-36-42-35-43(38-49)39-50(64)37-42;1-60(2)55-30-24-45(51-17-11-18-53-52-16-9-10-19-54(52)61(59(51)53)46-33-39-32-40(35-46)36-47(61)34-39)37-57(55)63-58-38-50(29-31-56(58)60)62(48-25-20-43(21-26-48)41-12-5-3-6-13-41)49-27-22-44(23-28-49)42-14-7-4-8-15-42/h1-34,40-43,49-50H,35-39H2;3-31,37-40,46-47H,32-36H2,1-2H3. The van der Waals surface area contributed by atoms with Crippen molar-refractivity contribution >= 4 is 51.2 Å². The van der Waals surface area contributed by atoms with E-state index in [0.29, 0.717) is 23.7 Å². The first-order valence-corrected chi connectivity index (χ1v) is 47.6. The minimum atomic E-state index is -0.253. The van der Waals surface area contributed by atoms with Gasteiger partial charge in [-0.2, -0.15) is 0 Å². The normalized spacial score (nSPS) is 22.0. The van der Waals surface area contributed by atoms with Gasteiger partial charge in [-0.15, -0.1) is 0 Å². The minimum absolute atomic E-state index is 0.0695. The molecule has 2 spiro atoms. The number of anilines is 9. The topological polar surface area (TPSA) is 28.2 Å². The van der Waals surface area contributed by atoms with Crippen LogP contribution >= 0.6 is 0 Å². The lowest BCUT2D eigenvalue weighted by atomic mass is 9.42. The zero-order chi connectivity index (χ0) is 85.9.